The van der Waals surface area contributed by atoms with Crippen molar-refractivity contribution in [2.75, 3.05) is 20.3 Å². The number of unbranched alkanes of at least 4 members (excludes halogenated alkanes) is 1. The van der Waals surface area contributed by atoms with E-state index < -0.39 is 78.0 Å². The van der Waals surface area contributed by atoms with Crippen LogP contribution in [-0.2, 0) is 30.2 Å². The number of ketones is 3. The molecule has 4 N–H and O–H groups in total. The van der Waals surface area contributed by atoms with Crippen LogP contribution in [-0.4, -0.2) is 83.4 Å². The fourth-order valence-corrected chi connectivity index (χ4v) is 7.07. The summed E-state index contributed by atoms with van der Waals surface area (Å²) < 4.78 is 23.2. The Kier molecular flexibility index (Phi) is 12.5. The molecule has 2 aromatic rings. The molecule has 0 spiro atoms. The van der Waals surface area contributed by atoms with Crippen LogP contribution in [0.4, 0.5) is 0 Å². The van der Waals surface area contributed by atoms with Crippen LogP contribution in [0.3, 0.4) is 0 Å². The maximum absolute atomic E-state index is 14.0. The summed E-state index contributed by atoms with van der Waals surface area (Å²) in [6.45, 7) is 5.67. The zero-order valence-electron chi connectivity index (χ0n) is 29.5. The van der Waals surface area contributed by atoms with Crippen molar-refractivity contribution < 1.29 is 53.4 Å². The lowest BCUT2D eigenvalue weighted by molar-refractivity contribution is -0.246. The van der Waals surface area contributed by atoms with Crippen molar-refractivity contribution in [3.63, 3.8) is 0 Å². The molecule has 2 aromatic carbocycles. The molecule has 5 rings (SSSR count). The normalized spacial score (nSPS) is 24.3. The lowest BCUT2D eigenvalue weighted by Gasteiger charge is -2.41. The number of fused-ring (bicyclic) bond motifs is 3. The Morgan fingerprint density at radius 1 is 1.06 bits per heavy atom. The standard InChI is InChI=1S/C39H47NO11/c1-5-7-9-10-11-16-40-25-19-30(50-21(3)35(25)43)51-28-18-22(26(41)20-49-29(42)15-8-6-2)17-24-32(28)39(47)34-33(37(24)45)36(44)23-13-12-14-27(48-4)31(23)38(34)46/h5,7,9-10,12-14,21-22,25,28,30,35,40,43,45,47H,6,8,11,15-20H2,1-4H3/b7-5-,10-9-/t21-,22?,25+,28-,30?,35+/m0/s1. The molecule has 6 atom stereocenters. The molecule has 0 amide bonds. The molecule has 0 saturated carbocycles. The van der Waals surface area contributed by atoms with Gasteiger partial charge in [-0.25, -0.2) is 0 Å². The Labute approximate surface area is 297 Å². The predicted molar refractivity (Wildman–Crippen MR) is 186 cm³/mol. The highest BCUT2D eigenvalue weighted by Crippen LogP contribution is 2.51. The van der Waals surface area contributed by atoms with Gasteiger partial charge in [0, 0.05) is 41.5 Å². The van der Waals surface area contributed by atoms with E-state index in [4.69, 9.17) is 18.9 Å². The Morgan fingerprint density at radius 2 is 1.82 bits per heavy atom. The minimum atomic E-state index is -1.09. The number of methoxy groups -OCH3 is 1. The molecule has 1 fully saturated rings. The highest BCUT2D eigenvalue weighted by molar-refractivity contribution is 6.31. The van der Waals surface area contributed by atoms with Crippen LogP contribution >= 0.6 is 0 Å². The summed E-state index contributed by atoms with van der Waals surface area (Å²) in [5, 5.41) is 37.8. The van der Waals surface area contributed by atoms with Gasteiger partial charge in [-0.1, -0.05) is 49.8 Å². The predicted octanol–water partition coefficient (Wildman–Crippen LogP) is 4.78. The maximum Gasteiger partial charge on any atom is 0.306 e. The van der Waals surface area contributed by atoms with Gasteiger partial charge in [-0.3, -0.25) is 19.2 Å². The number of phenols is 2. The van der Waals surface area contributed by atoms with Crippen molar-refractivity contribution in [2.24, 2.45) is 5.92 Å². The smallest absolute Gasteiger partial charge is 0.306 e. The zero-order valence-corrected chi connectivity index (χ0v) is 29.5. The van der Waals surface area contributed by atoms with Gasteiger partial charge in [0.2, 0.25) is 5.78 Å². The molecule has 1 saturated heterocycles. The van der Waals surface area contributed by atoms with Gasteiger partial charge in [0.1, 0.15) is 23.9 Å². The van der Waals surface area contributed by atoms with E-state index in [-0.39, 0.29) is 64.8 Å². The number of carbonyl (C=O) groups excluding carboxylic acids is 4. The molecule has 2 unspecified atom stereocenters. The van der Waals surface area contributed by atoms with Crippen LogP contribution in [0.25, 0.3) is 0 Å². The van der Waals surface area contributed by atoms with Crippen LogP contribution in [0, 0.1) is 5.92 Å². The van der Waals surface area contributed by atoms with E-state index in [9.17, 15) is 34.5 Å². The van der Waals surface area contributed by atoms with Crippen LogP contribution in [0.2, 0.25) is 0 Å². The van der Waals surface area contributed by atoms with Gasteiger partial charge in [0.15, 0.2) is 17.9 Å². The number of carbonyl (C=O) groups is 4. The highest BCUT2D eigenvalue weighted by atomic mass is 16.7. The first-order valence-electron chi connectivity index (χ1n) is 17.6. The van der Waals surface area contributed by atoms with E-state index in [1.54, 1.807) is 13.0 Å². The highest BCUT2D eigenvalue weighted by Gasteiger charge is 2.45. The first-order valence-corrected chi connectivity index (χ1v) is 17.6. The molecule has 274 valence electrons. The number of esters is 1. The summed E-state index contributed by atoms with van der Waals surface area (Å²) >= 11 is 0. The van der Waals surface area contributed by atoms with E-state index in [1.165, 1.54) is 19.2 Å². The SMILES string of the molecule is C/C=C\C=C/CCN[C@@H]1CC(O[C@H]2CC(C(=O)COC(=O)CCCC)Cc3c(O)c4c(c(O)c32)C(=O)c2c(OC)cccc2C4=O)O[C@@H](C)[C@H]1O. The number of phenolic OH excluding ortho intramolecular Hbond substituents is 2. The molecule has 12 nitrogen and oxygen atoms in total. The topological polar surface area (TPSA) is 178 Å². The molecule has 0 bridgehead atoms. The van der Waals surface area contributed by atoms with Gasteiger partial charge in [-0.2, -0.15) is 0 Å². The molecular weight excluding hydrogens is 658 g/mol. The lowest BCUT2D eigenvalue weighted by atomic mass is 9.73. The number of aliphatic hydroxyl groups is 1. The number of aliphatic hydroxyl groups excluding tert-OH is 1. The molecule has 1 heterocycles. The van der Waals surface area contributed by atoms with Crippen LogP contribution in [0.15, 0.2) is 42.5 Å². The van der Waals surface area contributed by atoms with Gasteiger partial charge < -0.3 is 39.6 Å². The van der Waals surface area contributed by atoms with Crippen molar-refractivity contribution in [3.8, 4) is 17.2 Å². The Hall–Kier alpha value is -4.36. The van der Waals surface area contributed by atoms with Crippen molar-refractivity contribution in [1.29, 1.82) is 0 Å². The molecular formula is C39H47NO11. The summed E-state index contributed by atoms with van der Waals surface area (Å²) in [6.07, 6.45) is 6.70. The minimum absolute atomic E-state index is 0.00317. The molecule has 51 heavy (non-hydrogen) atoms. The summed E-state index contributed by atoms with van der Waals surface area (Å²) in [7, 11) is 1.36. The molecule has 3 aliphatic rings. The van der Waals surface area contributed by atoms with E-state index in [2.05, 4.69) is 5.32 Å². The van der Waals surface area contributed by atoms with Gasteiger partial charge in [0.25, 0.3) is 0 Å². The number of allylic oxidation sites excluding steroid dienone is 3. The van der Waals surface area contributed by atoms with E-state index in [0.29, 0.717) is 13.0 Å². The minimum Gasteiger partial charge on any atom is -0.507 e. The largest absolute Gasteiger partial charge is 0.507 e. The van der Waals surface area contributed by atoms with E-state index >= 15 is 0 Å². The maximum atomic E-state index is 14.0. The Morgan fingerprint density at radius 3 is 2.55 bits per heavy atom. The molecule has 12 heteroatoms. The van der Waals surface area contributed by atoms with Crippen LogP contribution in [0.1, 0.15) is 108 Å². The van der Waals surface area contributed by atoms with Gasteiger partial charge in [0.05, 0.1) is 42.1 Å². The zero-order chi connectivity index (χ0) is 36.8. The first kappa shape index (κ1) is 37.9. The summed E-state index contributed by atoms with van der Waals surface area (Å²) in [5.41, 5.74) is -0.626. The monoisotopic (exact) mass is 705 g/mol. The number of hydrogen-bond acceptors (Lipinski definition) is 12. The quantitative estimate of drug-likeness (QED) is 0.0782. The van der Waals surface area contributed by atoms with Gasteiger partial charge in [-0.15, -0.1) is 0 Å². The number of Topliss-reactive ketones (excluding diaryl/α,β-unsaturated/α-hetero) is 1. The number of ether oxygens (including phenoxy) is 4. The van der Waals surface area contributed by atoms with Crippen molar-refractivity contribution in [2.45, 2.75) is 96.4 Å². The Balaban J connectivity index is 1.49. The number of nitrogens with one attached hydrogen (secondary N) is 1. The summed E-state index contributed by atoms with van der Waals surface area (Å²) in [5.74, 6) is -4.08. The van der Waals surface area contributed by atoms with E-state index in [1.807, 2.05) is 38.2 Å². The number of rotatable bonds is 14. The third-order valence-electron chi connectivity index (χ3n) is 9.78. The third-order valence-corrected chi connectivity index (χ3v) is 9.78. The van der Waals surface area contributed by atoms with Gasteiger partial charge in [-0.05, 0) is 52.1 Å². The summed E-state index contributed by atoms with van der Waals surface area (Å²) in [4.78, 5) is 53.5. The van der Waals surface area contributed by atoms with Crippen molar-refractivity contribution in [1.82, 2.24) is 5.32 Å². The summed E-state index contributed by atoms with van der Waals surface area (Å²) in [6, 6.07) is 4.11. The molecule has 0 aromatic heterocycles. The fraction of sp³-hybridized carbons (Fsp3) is 0.487. The molecule has 0 radical (unpaired) electrons. The second-order valence-corrected chi connectivity index (χ2v) is 13.2. The van der Waals surface area contributed by atoms with Crippen molar-refractivity contribution >= 4 is 23.3 Å². The van der Waals surface area contributed by atoms with Crippen LogP contribution in [0.5, 0.6) is 17.2 Å². The fourth-order valence-electron chi connectivity index (χ4n) is 7.07. The van der Waals surface area contributed by atoms with Gasteiger partial charge >= 0.3 is 5.97 Å². The third kappa shape index (κ3) is 7.94. The lowest BCUT2D eigenvalue weighted by Crippen LogP contribution is -2.54. The average molecular weight is 706 g/mol. The number of aromatic hydroxyl groups is 2. The molecule has 2 aliphatic carbocycles. The van der Waals surface area contributed by atoms with E-state index in [0.717, 1.165) is 12.8 Å². The van der Waals surface area contributed by atoms with Crippen molar-refractivity contribution in [3.05, 3.63) is 75.9 Å². The molecule has 1 aliphatic heterocycles. The van der Waals surface area contributed by atoms with Crippen LogP contribution < -0.4 is 10.1 Å². The number of benzene rings is 2. The average Bonchev–Trinajstić information content (AvgIpc) is 3.12. The second-order valence-electron chi connectivity index (χ2n) is 13.2. The first-order chi connectivity index (χ1) is 24.5. The second kappa shape index (κ2) is 16.8. The Bertz CT molecular complexity index is 1710. The number of hydrogen-bond donors (Lipinski definition) is 4.